The van der Waals surface area contributed by atoms with E-state index in [0.29, 0.717) is 0 Å². The molecule has 0 saturated heterocycles. The standard InChI is InChI=1S/C17H16F2N2O7S2/c1-27-16(22)10-28-17-12(18)8-11(9-13(17)19)29-7-6-20-30(25,26)15-5-3-2-4-14(15)21(23)24/h2-5,8-9,20H,6-7,10H2,1H3. The zero-order valence-corrected chi connectivity index (χ0v) is 17.1. The van der Waals surface area contributed by atoms with Crippen LogP contribution in [0.25, 0.3) is 0 Å². The van der Waals surface area contributed by atoms with E-state index < -0.39 is 55.5 Å². The van der Waals surface area contributed by atoms with E-state index in [9.17, 15) is 32.1 Å². The summed E-state index contributed by atoms with van der Waals surface area (Å²) in [5, 5.41) is 11.0. The zero-order chi connectivity index (χ0) is 22.3. The summed E-state index contributed by atoms with van der Waals surface area (Å²) in [5.41, 5.74) is -0.565. The van der Waals surface area contributed by atoms with Crippen molar-refractivity contribution in [1.82, 2.24) is 4.72 Å². The van der Waals surface area contributed by atoms with Crippen molar-refractivity contribution in [2.45, 2.75) is 9.79 Å². The molecule has 0 atom stereocenters. The summed E-state index contributed by atoms with van der Waals surface area (Å²) in [7, 11) is -3.05. The topological polar surface area (TPSA) is 125 Å². The first-order chi connectivity index (χ1) is 14.2. The minimum atomic E-state index is -4.15. The average molecular weight is 462 g/mol. The van der Waals surface area contributed by atoms with Crippen LogP contribution in [0.4, 0.5) is 14.5 Å². The molecule has 0 aliphatic heterocycles. The van der Waals surface area contributed by atoms with Crippen LogP contribution in [-0.4, -0.2) is 45.3 Å². The lowest BCUT2D eigenvalue weighted by atomic mass is 10.3. The molecule has 0 saturated carbocycles. The summed E-state index contributed by atoms with van der Waals surface area (Å²) in [6.07, 6.45) is 0. The van der Waals surface area contributed by atoms with E-state index in [0.717, 1.165) is 43.1 Å². The number of nitro benzene ring substituents is 1. The van der Waals surface area contributed by atoms with E-state index in [1.807, 2.05) is 0 Å². The Balaban J connectivity index is 1.97. The quantitative estimate of drug-likeness (QED) is 0.188. The largest absolute Gasteiger partial charge is 0.476 e. The van der Waals surface area contributed by atoms with Crippen LogP contribution in [0.1, 0.15) is 0 Å². The van der Waals surface area contributed by atoms with Crippen molar-refractivity contribution in [2.24, 2.45) is 0 Å². The zero-order valence-electron chi connectivity index (χ0n) is 15.5. The fraction of sp³-hybridized carbons (Fsp3) is 0.235. The van der Waals surface area contributed by atoms with E-state index in [2.05, 4.69) is 9.46 Å². The molecule has 0 spiro atoms. The van der Waals surface area contributed by atoms with Gasteiger partial charge in [-0.15, -0.1) is 11.8 Å². The number of para-hydroxylation sites is 1. The Labute approximate surface area is 174 Å². The van der Waals surface area contributed by atoms with E-state index in [1.165, 1.54) is 12.1 Å². The molecule has 0 radical (unpaired) electrons. The Bertz CT molecular complexity index is 1030. The highest BCUT2D eigenvalue weighted by molar-refractivity contribution is 7.99. The van der Waals surface area contributed by atoms with E-state index >= 15 is 0 Å². The molecule has 30 heavy (non-hydrogen) atoms. The highest BCUT2D eigenvalue weighted by Gasteiger charge is 2.24. The summed E-state index contributed by atoms with van der Waals surface area (Å²) < 4.78 is 63.8. The number of nitro groups is 1. The molecule has 0 aliphatic carbocycles. The highest BCUT2D eigenvalue weighted by atomic mass is 32.2. The number of sulfonamides is 1. The summed E-state index contributed by atoms with van der Waals surface area (Å²) >= 11 is 0.945. The molecule has 2 aromatic carbocycles. The van der Waals surface area contributed by atoms with E-state index in [-0.39, 0.29) is 17.2 Å². The number of rotatable bonds is 10. The number of thioether (sulfide) groups is 1. The van der Waals surface area contributed by atoms with Gasteiger partial charge in [0.15, 0.2) is 28.9 Å². The fourth-order valence-corrected chi connectivity index (χ4v) is 4.35. The van der Waals surface area contributed by atoms with Crippen molar-refractivity contribution >= 4 is 33.4 Å². The number of hydrogen-bond acceptors (Lipinski definition) is 8. The lowest BCUT2D eigenvalue weighted by Gasteiger charge is -2.10. The van der Waals surface area contributed by atoms with Gasteiger partial charge < -0.3 is 9.47 Å². The molecular formula is C17H16F2N2O7S2. The molecule has 0 unspecified atom stereocenters. The first-order valence-electron chi connectivity index (χ1n) is 8.20. The Morgan fingerprint density at radius 2 is 1.87 bits per heavy atom. The SMILES string of the molecule is COC(=O)COc1c(F)cc(SCCNS(=O)(=O)c2ccccc2[N+](=O)[O-])cc1F. The Morgan fingerprint density at radius 1 is 1.23 bits per heavy atom. The molecule has 162 valence electrons. The number of hydrogen-bond donors (Lipinski definition) is 1. The summed E-state index contributed by atoms with van der Waals surface area (Å²) in [5.74, 6) is -3.54. The van der Waals surface area contributed by atoms with Gasteiger partial charge in [-0.3, -0.25) is 10.1 Å². The molecule has 1 N–H and O–H groups in total. The van der Waals surface area contributed by atoms with Gasteiger partial charge in [0.2, 0.25) is 10.0 Å². The van der Waals surface area contributed by atoms with Crippen LogP contribution < -0.4 is 9.46 Å². The normalized spacial score (nSPS) is 11.2. The van der Waals surface area contributed by atoms with Crippen LogP contribution in [0.3, 0.4) is 0 Å². The van der Waals surface area contributed by atoms with Gasteiger partial charge in [0, 0.05) is 23.3 Å². The number of carbonyl (C=O) groups is 1. The van der Waals surface area contributed by atoms with Crippen molar-refractivity contribution in [3.63, 3.8) is 0 Å². The van der Waals surface area contributed by atoms with Crippen LogP contribution in [0, 0.1) is 21.7 Å². The number of esters is 1. The molecular weight excluding hydrogens is 446 g/mol. The van der Waals surface area contributed by atoms with E-state index in [4.69, 9.17) is 4.74 Å². The number of nitrogens with one attached hydrogen (secondary N) is 1. The molecule has 0 heterocycles. The molecule has 0 amide bonds. The highest BCUT2D eigenvalue weighted by Crippen LogP contribution is 2.28. The van der Waals surface area contributed by atoms with Crippen LogP contribution in [0.5, 0.6) is 5.75 Å². The van der Waals surface area contributed by atoms with Crippen LogP contribution in [-0.2, 0) is 19.6 Å². The Kier molecular flexibility index (Phi) is 8.08. The average Bonchev–Trinajstić information content (AvgIpc) is 2.70. The fourth-order valence-electron chi connectivity index (χ4n) is 2.21. The second-order valence-corrected chi connectivity index (χ2v) is 8.46. The molecule has 0 bridgehead atoms. The number of ether oxygens (including phenoxy) is 2. The summed E-state index contributed by atoms with van der Waals surface area (Å²) in [6, 6.07) is 6.80. The predicted molar refractivity (Wildman–Crippen MR) is 103 cm³/mol. The van der Waals surface area contributed by atoms with Crippen molar-refractivity contribution < 1.29 is 36.4 Å². The third-order valence-electron chi connectivity index (χ3n) is 3.55. The van der Waals surface area contributed by atoms with E-state index in [1.54, 1.807) is 0 Å². The maximum absolute atomic E-state index is 14.0. The molecule has 0 fully saturated rings. The van der Waals surface area contributed by atoms with Gasteiger partial charge in [-0.05, 0) is 18.2 Å². The number of carbonyl (C=O) groups excluding carboxylic acids is 1. The maximum atomic E-state index is 14.0. The second-order valence-electron chi connectivity index (χ2n) is 5.55. The van der Waals surface area contributed by atoms with Gasteiger partial charge in [0.05, 0.1) is 12.0 Å². The molecule has 13 heteroatoms. The van der Waals surface area contributed by atoms with Crippen LogP contribution in [0.15, 0.2) is 46.2 Å². The van der Waals surface area contributed by atoms with Crippen LogP contribution in [0.2, 0.25) is 0 Å². The maximum Gasteiger partial charge on any atom is 0.343 e. The van der Waals surface area contributed by atoms with Gasteiger partial charge in [-0.25, -0.2) is 26.7 Å². The molecule has 2 aromatic rings. The lowest BCUT2D eigenvalue weighted by molar-refractivity contribution is -0.387. The van der Waals surface area contributed by atoms with Crippen molar-refractivity contribution in [3.8, 4) is 5.75 Å². The monoisotopic (exact) mass is 462 g/mol. The lowest BCUT2D eigenvalue weighted by Crippen LogP contribution is -2.26. The summed E-state index contributed by atoms with van der Waals surface area (Å²) in [4.78, 5) is 20.8. The molecule has 0 aliphatic rings. The van der Waals surface area contributed by atoms with Gasteiger partial charge in [0.25, 0.3) is 5.69 Å². The predicted octanol–water partition coefficient (Wildman–Crippen LogP) is 2.50. The van der Waals surface area contributed by atoms with Crippen molar-refractivity contribution in [1.29, 1.82) is 0 Å². The van der Waals surface area contributed by atoms with Gasteiger partial charge in [0.1, 0.15) is 0 Å². The van der Waals surface area contributed by atoms with Gasteiger partial charge in [-0.1, -0.05) is 12.1 Å². The number of benzene rings is 2. The summed E-state index contributed by atoms with van der Waals surface area (Å²) in [6.45, 7) is -0.812. The Morgan fingerprint density at radius 3 is 2.47 bits per heavy atom. The molecule has 0 aromatic heterocycles. The van der Waals surface area contributed by atoms with Crippen molar-refractivity contribution in [3.05, 3.63) is 58.1 Å². The first-order valence-corrected chi connectivity index (χ1v) is 10.7. The van der Waals surface area contributed by atoms with Crippen LogP contribution >= 0.6 is 11.8 Å². The number of nitrogens with zero attached hydrogens (tertiary/aromatic N) is 1. The van der Waals surface area contributed by atoms with Gasteiger partial charge in [-0.2, -0.15) is 0 Å². The number of methoxy groups -OCH3 is 1. The molecule has 2 rings (SSSR count). The Hall–Kier alpha value is -2.77. The minimum absolute atomic E-state index is 0.0844. The minimum Gasteiger partial charge on any atom is -0.476 e. The first kappa shape index (κ1) is 23.5. The molecule has 9 nitrogen and oxygen atoms in total. The number of halogens is 2. The third kappa shape index (κ3) is 6.11. The van der Waals surface area contributed by atoms with Crippen molar-refractivity contribution in [2.75, 3.05) is 26.0 Å². The smallest absolute Gasteiger partial charge is 0.343 e. The van der Waals surface area contributed by atoms with Gasteiger partial charge >= 0.3 is 5.97 Å². The second kappa shape index (κ2) is 10.3. The third-order valence-corrected chi connectivity index (χ3v) is 6.03.